The molecule has 1 aromatic carbocycles. The lowest BCUT2D eigenvalue weighted by molar-refractivity contribution is 0.122. The number of nitrogens with zero attached hydrogens (tertiary/aromatic N) is 3. The Hall–Kier alpha value is -1.79. The number of aliphatic imine (C=N–C) groups is 1. The monoisotopic (exact) mass is 403 g/mol. The summed E-state index contributed by atoms with van der Waals surface area (Å²) in [6, 6.07) is 9.00. The Morgan fingerprint density at radius 1 is 1.17 bits per heavy atom. The number of morpholine rings is 1. The van der Waals surface area contributed by atoms with Crippen LogP contribution in [0.25, 0.3) is 0 Å². The first kappa shape index (κ1) is 23.5. The summed E-state index contributed by atoms with van der Waals surface area (Å²) in [7, 11) is 0. The molecular formula is C23H41N5O. The molecule has 0 spiro atoms. The van der Waals surface area contributed by atoms with Gasteiger partial charge in [0.15, 0.2) is 5.96 Å². The van der Waals surface area contributed by atoms with E-state index >= 15 is 0 Å². The average molecular weight is 404 g/mol. The molecule has 2 rings (SSSR count). The Bertz CT molecular complexity index is 597. The summed E-state index contributed by atoms with van der Waals surface area (Å²) in [4.78, 5) is 9.77. The van der Waals surface area contributed by atoms with Crippen LogP contribution in [-0.4, -0.2) is 69.4 Å². The first-order chi connectivity index (χ1) is 14.2. The number of anilines is 1. The highest BCUT2D eigenvalue weighted by Gasteiger charge is 2.14. The van der Waals surface area contributed by atoms with E-state index in [4.69, 9.17) is 9.73 Å². The summed E-state index contributed by atoms with van der Waals surface area (Å²) < 4.78 is 5.50. The van der Waals surface area contributed by atoms with E-state index in [1.54, 1.807) is 0 Å². The molecule has 164 valence electrons. The predicted octanol–water partition coefficient (Wildman–Crippen LogP) is 3.09. The number of nitrogens with one attached hydrogen (secondary N) is 2. The summed E-state index contributed by atoms with van der Waals surface area (Å²) in [5, 5.41) is 6.98. The zero-order valence-electron chi connectivity index (χ0n) is 18.9. The first-order valence-corrected chi connectivity index (χ1v) is 11.4. The van der Waals surface area contributed by atoms with Crippen LogP contribution in [0.5, 0.6) is 0 Å². The van der Waals surface area contributed by atoms with Crippen LogP contribution in [0.2, 0.25) is 0 Å². The zero-order chi connectivity index (χ0) is 20.9. The van der Waals surface area contributed by atoms with Crippen LogP contribution >= 0.6 is 0 Å². The van der Waals surface area contributed by atoms with Gasteiger partial charge in [-0.05, 0) is 58.0 Å². The normalized spacial score (nSPS) is 16.2. The number of rotatable bonds is 11. The van der Waals surface area contributed by atoms with Crippen LogP contribution in [0.4, 0.5) is 5.69 Å². The van der Waals surface area contributed by atoms with Crippen molar-refractivity contribution in [1.29, 1.82) is 0 Å². The molecular weight excluding hydrogens is 362 g/mol. The van der Waals surface area contributed by atoms with Gasteiger partial charge in [-0.25, -0.2) is 4.99 Å². The second-order valence-electron chi connectivity index (χ2n) is 7.64. The number of ether oxygens (including phenoxy) is 1. The molecule has 0 amide bonds. The van der Waals surface area contributed by atoms with E-state index in [-0.39, 0.29) is 0 Å². The molecule has 29 heavy (non-hydrogen) atoms. The quantitative estimate of drug-likeness (QED) is 0.439. The van der Waals surface area contributed by atoms with Gasteiger partial charge in [0.25, 0.3) is 0 Å². The molecule has 0 aromatic heterocycles. The van der Waals surface area contributed by atoms with Gasteiger partial charge in [-0.1, -0.05) is 32.0 Å². The van der Waals surface area contributed by atoms with Gasteiger partial charge in [-0.15, -0.1) is 0 Å². The van der Waals surface area contributed by atoms with E-state index in [9.17, 15) is 0 Å². The molecule has 1 saturated heterocycles. The molecule has 1 heterocycles. The van der Waals surface area contributed by atoms with Crippen LogP contribution in [-0.2, 0) is 11.3 Å². The summed E-state index contributed by atoms with van der Waals surface area (Å²) in [5.74, 6) is 0.902. The molecule has 1 fully saturated rings. The molecule has 1 aromatic rings. The number of benzene rings is 1. The van der Waals surface area contributed by atoms with Crippen LogP contribution in [0, 0.1) is 0 Å². The van der Waals surface area contributed by atoms with Crippen LogP contribution in [0.1, 0.15) is 46.1 Å². The van der Waals surface area contributed by atoms with E-state index in [0.29, 0.717) is 12.6 Å². The fraction of sp³-hybridized carbons (Fsp3) is 0.696. The topological polar surface area (TPSA) is 52.1 Å². The minimum absolute atomic E-state index is 0.401. The predicted molar refractivity (Wildman–Crippen MR) is 124 cm³/mol. The fourth-order valence-electron chi connectivity index (χ4n) is 3.71. The Balaban J connectivity index is 1.93. The minimum atomic E-state index is 0.401. The van der Waals surface area contributed by atoms with Gasteiger partial charge in [0.05, 0.1) is 19.8 Å². The van der Waals surface area contributed by atoms with Crippen LogP contribution < -0.4 is 15.5 Å². The Kier molecular flexibility index (Phi) is 10.9. The summed E-state index contributed by atoms with van der Waals surface area (Å²) in [5.41, 5.74) is 2.54. The summed E-state index contributed by atoms with van der Waals surface area (Å²) >= 11 is 0. The van der Waals surface area contributed by atoms with Gasteiger partial charge >= 0.3 is 0 Å². The highest BCUT2D eigenvalue weighted by molar-refractivity contribution is 5.80. The Morgan fingerprint density at radius 3 is 2.59 bits per heavy atom. The van der Waals surface area contributed by atoms with Crippen molar-refractivity contribution in [2.24, 2.45) is 4.99 Å². The van der Waals surface area contributed by atoms with Gasteiger partial charge in [-0.3, -0.25) is 0 Å². The molecule has 0 bridgehead atoms. The minimum Gasteiger partial charge on any atom is -0.378 e. The SMILES string of the molecule is CCNC(=NCc1ccccc1N1CCOCC1)NC(C)CCCN(CC)CC. The summed E-state index contributed by atoms with van der Waals surface area (Å²) in [6.07, 6.45) is 2.35. The Morgan fingerprint density at radius 2 is 1.90 bits per heavy atom. The van der Waals surface area contributed by atoms with Gasteiger partial charge in [0.1, 0.15) is 0 Å². The maximum Gasteiger partial charge on any atom is 0.191 e. The van der Waals surface area contributed by atoms with Crippen LogP contribution in [0.15, 0.2) is 29.3 Å². The van der Waals surface area contributed by atoms with Crippen molar-refractivity contribution in [1.82, 2.24) is 15.5 Å². The zero-order valence-corrected chi connectivity index (χ0v) is 18.9. The van der Waals surface area contributed by atoms with E-state index in [1.807, 2.05) is 0 Å². The molecule has 1 unspecified atom stereocenters. The largest absolute Gasteiger partial charge is 0.378 e. The van der Waals surface area contributed by atoms with E-state index < -0.39 is 0 Å². The third-order valence-corrected chi connectivity index (χ3v) is 5.48. The third-order valence-electron chi connectivity index (χ3n) is 5.48. The highest BCUT2D eigenvalue weighted by atomic mass is 16.5. The number of hydrogen-bond acceptors (Lipinski definition) is 4. The van der Waals surface area contributed by atoms with Crippen molar-refractivity contribution in [3.8, 4) is 0 Å². The van der Waals surface area contributed by atoms with Gasteiger partial charge in [0, 0.05) is 31.4 Å². The van der Waals surface area contributed by atoms with Crippen molar-refractivity contribution in [2.45, 2.75) is 53.1 Å². The highest BCUT2D eigenvalue weighted by Crippen LogP contribution is 2.22. The molecule has 1 atom stereocenters. The molecule has 1 aliphatic rings. The second kappa shape index (κ2) is 13.4. The fourth-order valence-corrected chi connectivity index (χ4v) is 3.71. The second-order valence-corrected chi connectivity index (χ2v) is 7.64. The third kappa shape index (κ3) is 8.23. The van der Waals surface area contributed by atoms with E-state index in [0.717, 1.165) is 58.3 Å². The molecule has 0 saturated carbocycles. The van der Waals surface area contributed by atoms with Gasteiger partial charge in [-0.2, -0.15) is 0 Å². The van der Waals surface area contributed by atoms with Gasteiger partial charge < -0.3 is 25.2 Å². The van der Waals surface area contributed by atoms with Crippen molar-refractivity contribution >= 4 is 11.6 Å². The van der Waals surface area contributed by atoms with E-state index in [2.05, 4.69) is 72.4 Å². The maximum atomic E-state index is 5.50. The van der Waals surface area contributed by atoms with Crippen molar-refractivity contribution < 1.29 is 4.74 Å². The standard InChI is InChI=1S/C23H41N5O/c1-5-24-23(26-20(4)11-10-14-27(6-2)7-3)25-19-21-12-8-9-13-22(21)28-15-17-29-18-16-28/h8-9,12-13,20H,5-7,10-11,14-19H2,1-4H3,(H2,24,25,26). The molecule has 2 N–H and O–H groups in total. The maximum absolute atomic E-state index is 5.50. The van der Waals surface area contributed by atoms with Crippen LogP contribution in [0.3, 0.4) is 0 Å². The average Bonchev–Trinajstić information content (AvgIpc) is 2.76. The molecule has 0 aliphatic carbocycles. The van der Waals surface area contributed by atoms with E-state index in [1.165, 1.54) is 24.2 Å². The lowest BCUT2D eigenvalue weighted by Crippen LogP contribution is -2.42. The molecule has 6 heteroatoms. The number of guanidine groups is 1. The number of hydrogen-bond donors (Lipinski definition) is 2. The molecule has 1 aliphatic heterocycles. The van der Waals surface area contributed by atoms with Gasteiger partial charge in [0.2, 0.25) is 0 Å². The van der Waals surface area contributed by atoms with Crippen molar-refractivity contribution in [3.63, 3.8) is 0 Å². The summed E-state index contributed by atoms with van der Waals surface area (Å²) in [6.45, 7) is 17.3. The van der Waals surface area contributed by atoms with Crippen molar-refractivity contribution in [3.05, 3.63) is 29.8 Å². The molecule has 6 nitrogen and oxygen atoms in total. The smallest absolute Gasteiger partial charge is 0.191 e. The van der Waals surface area contributed by atoms with Crippen molar-refractivity contribution in [2.75, 3.05) is 57.4 Å². The first-order valence-electron chi connectivity index (χ1n) is 11.4. The molecule has 0 radical (unpaired) electrons. The number of para-hydroxylation sites is 1. The Labute approximate surface area is 177 Å². The lowest BCUT2D eigenvalue weighted by atomic mass is 10.1. The lowest BCUT2D eigenvalue weighted by Gasteiger charge is -2.30.